The van der Waals surface area contributed by atoms with Crippen molar-refractivity contribution in [2.75, 3.05) is 0 Å². The van der Waals surface area contributed by atoms with Gasteiger partial charge in [0, 0.05) is 11.8 Å². The highest BCUT2D eigenvalue weighted by atomic mass is 15.6. The van der Waals surface area contributed by atoms with Gasteiger partial charge < -0.3 is 0 Å². The van der Waals surface area contributed by atoms with Gasteiger partial charge in [0.05, 0.1) is 5.69 Å². The Hall–Kier alpha value is -2.45. The van der Waals surface area contributed by atoms with Gasteiger partial charge in [0.25, 0.3) is 0 Å². The Morgan fingerprint density at radius 3 is 2.00 bits per heavy atom. The van der Waals surface area contributed by atoms with Gasteiger partial charge in [-0.1, -0.05) is 0 Å². The van der Waals surface area contributed by atoms with E-state index >= 15 is 0 Å². The van der Waals surface area contributed by atoms with Crippen LogP contribution in [-0.2, 0) is 11.3 Å². The molecule has 9 nitrogen and oxygen atoms in total. The zero-order chi connectivity index (χ0) is 12.6. The van der Waals surface area contributed by atoms with E-state index in [0.29, 0.717) is 5.69 Å². The van der Waals surface area contributed by atoms with Gasteiger partial charge in [0.2, 0.25) is 11.3 Å². The molecule has 0 unspecified atom stereocenters. The van der Waals surface area contributed by atoms with Crippen molar-refractivity contribution in [2.24, 2.45) is 41.4 Å². The van der Waals surface area contributed by atoms with E-state index < -0.39 is 11.3 Å². The van der Waals surface area contributed by atoms with Gasteiger partial charge in [-0.05, 0) is 46.9 Å². The highest BCUT2D eigenvalue weighted by Gasteiger charge is 2.35. The van der Waals surface area contributed by atoms with E-state index in [1.54, 1.807) is 19.2 Å². The lowest BCUT2D eigenvalue weighted by atomic mass is 10.0. The van der Waals surface area contributed by atoms with Crippen molar-refractivity contribution in [1.29, 1.82) is 0 Å². The van der Waals surface area contributed by atoms with Crippen molar-refractivity contribution >= 4 is 0 Å². The fraction of sp³-hybridized carbons (Fsp3) is 0.444. The number of rotatable bonds is 2. The molecular formula is C9H9N9. The quantitative estimate of drug-likeness (QED) is 0.780. The average molecular weight is 243 g/mol. The minimum atomic E-state index is -0.876. The highest BCUT2D eigenvalue weighted by Crippen LogP contribution is 2.35. The lowest BCUT2D eigenvalue weighted by Crippen LogP contribution is -2.19. The van der Waals surface area contributed by atoms with Crippen molar-refractivity contribution in [3.05, 3.63) is 29.6 Å². The van der Waals surface area contributed by atoms with Crippen LogP contribution >= 0.6 is 0 Å². The second-order valence-corrected chi connectivity index (χ2v) is 4.23. The largest absolute Gasteiger partial charge is 0.256 e. The maximum atomic E-state index is 4.24. The van der Waals surface area contributed by atoms with Gasteiger partial charge in [-0.15, -0.1) is 20.5 Å². The number of nitrogens with zero attached hydrogens (tertiary/aromatic N) is 9. The maximum Gasteiger partial charge on any atom is 0.233 e. The first-order valence-electron chi connectivity index (χ1n) is 5.28. The zero-order valence-electron chi connectivity index (χ0n) is 9.76. The third-order valence-electron chi connectivity index (χ3n) is 2.83. The average Bonchev–Trinajstić information content (AvgIpc) is 3.01. The SMILES string of the molecule is CC1(c2ccnc(C3(C)N=NN=N3)c2)N=NN=N1. The first-order chi connectivity index (χ1) is 8.62. The minimum Gasteiger partial charge on any atom is -0.256 e. The maximum absolute atomic E-state index is 4.24. The third-order valence-corrected chi connectivity index (χ3v) is 2.83. The molecular weight excluding hydrogens is 234 g/mol. The summed E-state index contributed by atoms with van der Waals surface area (Å²) in [6, 6.07) is 3.62. The first-order valence-corrected chi connectivity index (χ1v) is 5.28. The van der Waals surface area contributed by atoms with E-state index in [1.165, 1.54) is 0 Å². The minimum absolute atomic E-state index is 0.628. The van der Waals surface area contributed by atoms with E-state index in [1.807, 2.05) is 13.0 Å². The van der Waals surface area contributed by atoms with Gasteiger partial charge in [0.1, 0.15) is 0 Å². The molecule has 0 N–H and O–H groups in total. The molecule has 0 radical (unpaired) electrons. The number of hydrogen-bond donors (Lipinski definition) is 0. The first kappa shape index (κ1) is 10.7. The van der Waals surface area contributed by atoms with Crippen LogP contribution in [0.3, 0.4) is 0 Å². The van der Waals surface area contributed by atoms with Gasteiger partial charge in [-0.3, -0.25) is 4.98 Å². The number of hydrogen-bond acceptors (Lipinski definition) is 9. The molecule has 90 valence electrons. The van der Waals surface area contributed by atoms with Gasteiger partial charge in [-0.2, -0.15) is 0 Å². The standard InChI is InChI=1S/C9H9N9/c1-8(11-15-16-12-8)6-3-4-10-7(5-6)9(2)13-17-18-14-9/h3-5H,1-2H3. The molecule has 18 heavy (non-hydrogen) atoms. The normalized spacial score (nSPS) is 21.9. The van der Waals surface area contributed by atoms with Gasteiger partial charge >= 0.3 is 0 Å². The van der Waals surface area contributed by atoms with Gasteiger partial charge in [0.15, 0.2) is 0 Å². The monoisotopic (exact) mass is 243 g/mol. The summed E-state index contributed by atoms with van der Waals surface area (Å²) in [7, 11) is 0. The Balaban J connectivity index is 2.05. The van der Waals surface area contributed by atoms with Crippen LogP contribution in [-0.4, -0.2) is 4.98 Å². The molecule has 0 bridgehead atoms. The number of pyridine rings is 1. The Morgan fingerprint density at radius 1 is 0.833 bits per heavy atom. The summed E-state index contributed by atoms with van der Waals surface area (Å²) >= 11 is 0. The Bertz CT molecular complexity index is 527. The van der Waals surface area contributed by atoms with Crippen LogP contribution in [0, 0.1) is 0 Å². The molecule has 0 amide bonds. The summed E-state index contributed by atoms with van der Waals surface area (Å²) < 4.78 is 0. The van der Waals surface area contributed by atoms with E-state index in [9.17, 15) is 0 Å². The Morgan fingerprint density at radius 2 is 1.39 bits per heavy atom. The molecule has 3 rings (SSSR count). The van der Waals surface area contributed by atoms with Crippen LogP contribution in [0.5, 0.6) is 0 Å². The molecule has 0 fully saturated rings. The molecule has 0 aliphatic carbocycles. The summed E-state index contributed by atoms with van der Waals surface area (Å²) in [6.45, 7) is 3.59. The zero-order valence-corrected chi connectivity index (χ0v) is 9.76. The van der Waals surface area contributed by atoms with Crippen LogP contribution < -0.4 is 0 Å². The Labute approximate surface area is 102 Å². The smallest absolute Gasteiger partial charge is 0.233 e. The predicted molar refractivity (Wildman–Crippen MR) is 58.4 cm³/mol. The topological polar surface area (TPSA) is 112 Å². The lowest BCUT2D eigenvalue weighted by molar-refractivity contribution is 0.487. The van der Waals surface area contributed by atoms with Crippen molar-refractivity contribution in [1.82, 2.24) is 4.98 Å². The number of aromatic nitrogens is 1. The molecule has 1 aromatic rings. The second-order valence-electron chi connectivity index (χ2n) is 4.23. The summed E-state index contributed by atoms with van der Waals surface area (Å²) in [5, 5.41) is 30.0. The molecule has 9 heteroatoms. The van der Waals surface area contributed by atoms with Crippen LogP contribution in [0.25, 0.3) is 0 Å². The van der Waals surface area contributed by atoms with Crippen LogP contribution in [0.4, 0.5) is 0 Å². The van der Waals surface area contributed by atoms with E-state index in [0.717, 1.165) is 5.56 Å². The van der Waals surface area contributed by atoms with E-state index in [4.69, 9.17) is 0 Å². The molecule has 2 aliphatic heterocycles. The van der Waals surface area contributed by atoms with Crippen LogP contribution in [0.2, 0.25) is 0 Å². The highest BCUT2D eigenvalue weighted by molar-refractivity contribution is 5.27. The molecule has 1 aromatic heterocycles. The summed E-state index contributed by atoms with van der Waals surface area (Å²) in [5.74, 6) is 0. The molecule has 3 heterocycles. The molecule has 0 atom stereocenters. The van der Waals surface area contributed by atoms with Crippen LogP contribution in [0.15, 0.2) is 59.7 Å². The third kappa shape index (κ3) is 1.51. The Kier molecular flexibility index (Phi) is 2.09. The summed E-state index contributed by atoms with van der Waals surface area (Å²) in [6.07, 6.45) is 1.65. The molecule has 0 saturated carbocycles. The molecule has 0 saturated heterocycles. The van der Waals surface area contributed by atoms with Crippen molar-refractivity contribution in [3.8, 4) is 0 Å². The molecule has 0 aromatic carbocycles. The fourth-order valence-corrected chi connectivity index (χ4v) is 1.67. The summed E-state index contributed by atoms with van der Waals surface area (Å²) in [4.78, 5) is 4.24. The molecule has 0 spiro atoms. The van der Waals surface area contributed by atoms with Crippen molar-refractivity contribution < 1.29 is 0 Å². The van der Waals surface area contributed by atoms with Crippen molar-refractivity contribution in [3.63, 3.8) is 0 Å². The van der Waals surface area contributed by atoms with Crippen LogP contribution in [0.1, 0.15) is 25.1 Å². The fourth-order valence-electron chi connectivity index (χ4n) is 1.67. The van der Waals surface area contributed by atoms with Gasteiger partial charge in [-0.25, -0.2) is 0 Å². The van der Waals surface area contributed by atoms with E-state index in [-0.39, 0.29) is 0 Å². The van der Waals surface area contributed by atoms with E-state index in [2.05, 4.69) is 46.3 Å². The second kappa shape index (κ2) is 3.52. The molecule has 2 aliphatic rings. The predicted octanol–water partition coefficient (Wildman–Crippen LogP) is 3.09. The summed E-state index contributed by atoms with van der Waals surface area (Å²) in [5.41, 5.74) is -0.236. The van der Waals surface area contributed by atoms with Crippen molar-refractivity contribution in [2.45, 2.75) is 25.2 Å². The lowest BCUT2D eigenvalue weighted by Gasteiger charge is -2.17.